The van der Waals surface area contributed by atoms with Crippen LogP contribution in [0.3, 0.4) is 0 Å². The molecular formula is H5Cl5Nd. The zero-order valence-electron chi connectivity index (χ0n) is 2.54. The van der Waals surface area contributed by atoms with Crippen molar-refractivity contribution in [3.8, 4) is 0 Å². The Balaban J connectivity index is 0. The molecule has 0 radical (unpaired) electrons. The Morgan fingerprint density at radius 1 is 0.333 bits per heavy atom. The van der Waals surface area contributed by atoms with Crippen LogP contribution < -0.4 is 0 Å². The second-order valence-corrected chi connectivity index (χ2v) is 0. The molecule has 0 saturated heterocycles. The summed E-state index contributed by atoms with van der Waals surface area (Å²) in [4.78, 5) is 0. The number of rotatable bonds is 0. The van der Waals surface area contributed by atoms with Crippen LogP contribution in [0.2, 0.25) is 0 Å². The first-order valence-corrected chi connectivity index (χ1v) is 0. The van der Waals surface area contributed by atoms with Crippen molar-refractivity contribution in [2.45, 2.75) is 0 Å². The zero-order chi connectivity index (χ0) is 0. The normalized spacial score (nSPS) is 0. The van der Waals surface area contributed by atoms with Gasteiger partial charge in [-0.2, -0.15) is 0 Å². The molecule has 0 saturated carbocycles. The fourth-order valence-electron chi connectivity index (χ4n) is 0. The molecule has 0 amide bonds. The maximum atomic E-state index is 0. The predicted octanol–water partition coefficient (Wildman–Crippen LogP) is 2.11. The van der Waals surface area contributed by atoms with E-state index in [1.807, 2.05) is 0 Å². The van der Waals surface area contributed by atoms with E-state index >= 15 is 0 Å². The van der Waals surface area contributed by atoms with Gasteiger partial charge in [0.1, 0.15) is 0 Å². The van der Waals surface area contributed by atoms with Crippen molar-refractivity contribution in [2.24, 2.45) is 0 Å². The summed E-state index contributed by atoms with van der Waals surface area (Å²) in [7, 11) is 0. The van der Waals surface area contributed by atoms with E-state index < -0.39 is 0 Å². The van der Waals surface area contributed by atoms with Gasteiger partial charge in [-0.15, -0.1) is 62.0 Å². The van der Waals surface area contributed by atoms with E-state index in [0.717, 1.165) is 0 Å². The minimum Gasteiger partial charge on any atom is -0.147 e. The van der Waals surface area contributed by atoms with E-state index in [0.29, 0.717) is 0 Å². The van der Waals surface area contributed by atoms with Crippen LogP contribution in [0.1, 0.15) is 0 Å². The van der Waals surface area contributed by atoms with Gasteiger partial charge in [-0.3, -0.25) is 0 Å². The average molecular weight is 327 g/mol. The molecule has 6 heteroatoms. The molecule has 0 aromatic heterocycles. The second kappa shape index (κ2) is 46.0. The summed E-state index contributed by atoms with van der Waals surface area (Å²) in [6, 6.07) is 0. The molecule has 0 N–H and O–H groups in total. The molecule has 0 nitrogen and oxygen atoms in total. The molecule has 0 aromatic carbocycles. The summed E-state index contributed by atoms with van der Waals surface area (Å²) in [6.45, 7) is 0. The molecule has 0 fully saturated rings. The maximum absolute atomic E-state index is 0. The van der Waals surface area contributed by atoms with Crippen LogP contribution in [0.4, 0.5) is 0 Å². The second-order valence-electron chi connectivity index (χ2n) is 0. The molecule has 6 heavy (non-hydrogen) atoms. The Labute approximate surface area is 101 Å². The summed E-state index contributed by atoms with van der Waals surface area (Å²) < 4.78 is 0. The van der Waals surface area contributed by atoms with Crippen LogP contribution in [0.15, 0.2) is 0 Å². The Kier molecular flexibility index (Phi) is 523. The van der Waals surface area contributed by atoms with Crippen molar-refractivity contribution in [3.63, 3.8) is 0 Å². The first-order valence-electron chi connectivity index (χ1n) is 0. The minimum atomic E-state index is 0. The van der Waals surface area contributed by atoms with Gasteiger partial charge in [0.15, 0.2) is 0 Å². The van der Waals surface area contributed by atoms with Crippen molar-refractivity contribution in [1.29, 1.82) is 0 Å². The fraction of sp³-hybridized carbons (Fsp3) is 0. The van der Waals surface area contributed by atoms with Crippen molar-refractivity contribution < 1.29 is 40.8 Å². The zero-order valence-corrected chi connectivity index (χ0v) is 9.83. The molecule has 0 rings (SSSR count). The van der Waals surface area contributed by atoms with E-state index in [9.17, 15) is 0 Å². The van der Waals surface area contributed by atoms with Crippen molar-refractivity contribution in [1.82, 2.24) is 0 Å². The van der Waals surface area contributed by atoms with Gasteiger partial charge < -0.3 is 0 Å². The van der Waals surface area contributed by atoms with Gasteiger partial charge in [0.05, 0.1) is 0 Å². The molecule has 0 heterocycles. The smallest absolute Gasteiger partial charge is 0 e. The minimum absolute atomic E-state index is 0. The Bertz CT molecular complexity index is 3.90. The van der Waals surface area contributed by atoms with Crippen molar-refractivity contribution in [3.05, 3.63) is 0 Å². The molecule has 0 unspecified atom stereocenters. The first-order chi connectivity index (χ1) is 0. The van der Waals surface area contributed by atoms with Crippen LogP contribution >= 0.6 is 62.0 Å². The standard InChI is InChI=1S/5ClH.Nd/h5*1H;. The summed E-state index contributed by atoms with van der Waals surface area (Å²) >= 11 is 0. The quantitative estimate of drug-likeness (QED) is 0.640. The maximum Gasteiger partial charge on any atom is 0 e. The third-order valence-electron chi connectivity index (χ3n) is 0. The molecular weight excluding hydrogens is 322 g/mol. The van der Waals surface area contributed by atoms with Gasteiger partial charge in [-0.1, -0.05) is 0 Å². The molecule has 0 spiro atoms. The summed E-state index contributed by atoms with van der Waals surface area (Å²) in [5, 5.41) is 0. The van der Waals surface area contributed by atoms with Crippen molar-refractivity contribution >= 4 is 62.0 Å². The van der Waals surface area contributed by atoms with Gasteiger partial charge >= 0.3 is 0 Å². The number of hydrogen-bond acceptors (Lipinski definition) is 0. The Morgan fingerprint density at radius 2 is 0.333 bits per heavy atom. The van der Waals surface area contributed by atoms with Crippen LogP contribution in [-0.2, 0) is 0 Å². The molecule has 0 aliphatic carbocycles. The van der Waals surface area contributed by atoms with Gasteiger partial charge in [0.25, 0.3) is 0 Å². The summed E-state index contributed by atoms with van der Waals surface area (Å²) in [5.41, 5.74) is 0. The van der Waals surface area contributed by atoms with Gasteiger partial charge in [-0.05, 0) is 0 Å². The average Bonchev–Trinajstić information content (AvgIpc) is 0. The third kappa shape index (κ3) is 29.2. The SMILES string of the molecule is Cl.Cl.Cl.Cl.Cl.[Nd]. The number of hydrogen-bond donors (Lipinski definition) is 0. The molecule has 0 atom stereocenters. The van der Waals surface area contributed by atoms with Gasteiger partial charge in [0.2, 0.25) is 0 Å². The Hall–Kier alpha value is 2.80. The largest absolute Gasteiger partial charge is 0.147 e. The fourth-order valence-corrected chi connectivity index (χ4v) is 0. The predicted molar refractivity (Wildman–Crippen MR) is 36.2 cm³/mol. The molecule has 0 aliphatic rings. The topological polar surface area (TPSA) is 0 Å². The van der Waals surface area contributed by atoms with E-state index in [1.54, 1.807) is 0 Å². The van der Waals surface area contributed by atoms with Crippen LogP contribution in [-0.4, -0.2) is 0 Å². The molecule has 0 aliphatic heterocycles. The van der Waals surface area contributed by atoms with Crippen LogP contribution in [0.25, 0.3) is 0 Å². The van der Waals surface area contributed by atoms with Crippen LogP contribution in [0.5, 0.6) is 0 Å². The molecule has 0 bridgehead atoms. The van der Waals surface area contributed by atoms with E-state index in [4.69, 9.17) is 0 Å². The summed E-state index contributed by atoms with van der Waals surface area (Å²) in [6.07, 6.45) is 0. The van der Waals surface area contributed by atoms with E-state index in [1.165, 1.54) is 0 Å². The molecule has 0 aromatic rings. The van der Waals surface area contributed by atoms with Crippen LogP contribution in [0, 0.1) is 40.8 Å². The van der Waals surface area contributed by atoms with E-state index in [-0.39, 0.29) is 103 Å². The summed E-state index contributed by atoms with van der Waals surface area (Å²) in [5.74, 6) is 0. The Morgan fingerprint density at radius 3 is 0.333 bits per heavy atom. The van der Waals surface area contributed by atoms with Gasteiger partial charge in [-0.25, -0.2) is 0 Å². The molecule has 44 valence electrons. The number of halogens is 5. The van der Waals surface area contributed by atoms with Gasteiger partial charge in [0, 0.05) is 40.8 Å². The van der Waals surface area contributed by atoms with Crippen molar-refractivity contribution in [2.75, 3.05) is 0 Å². The third-order valence-corrected chi connectivity index (χ3v) is 0. The first kappa shape index (κ1) is 68.3. The van der Waals surface area contributed by atoms with E-state index in [2.05, 4.69) is 0 Å². The monoisotopic (exact) mass is 322 g/mol.